The first-order valence-electron chi connectivity index (χ1n) is 7.93. The van der Waals surface area contributed by atoms with Gasteiger partial charge in [-0.3, -0.25) is 4.79 Å². The van der Waals surface area contributed by atoms with Crippen LogP contribution < -0.4 is 20.9 Å². The number of aromatic nitrogens is 4. The molecule has 0 saturated heterocycles. The number of aryl methyl sites for hydroxylation is 2. The molecular weight excluding hydrogens is 355 g/mol. The smallest absolute Gasteiger partial charge is 0.319 e. The predicted octanol–water partition coefficient (Wildman–Crippen LogP) is 1.04. The highest BCUT2D eigenvalue weighted by atomic mass is 19.1. The number of nitrogens with two attached hydrogens (primary N) is 2. The first-order valence-corrected chi connectivity index (χ1v) is 7.93. The third-order valence-electron chi connectivity index (χ3n) is 4.08. The molecule has 0 aliphatic heterocycles. The number of anilines is 1. The van der Waals surface area contributed by atoms with Gasteiger partial charge in [0.05, 0.1) is 19.9 Å². The summed E-state index contributed by atoms with van der Waals surface area (Å²) in [6, 6.07) is 2.88. The fourth-order valence-electron chi connectivity index (χ4n) is 2.73. The van der Waals surface area contributed by atoms with E-state index in [0.29, 0.717) is 28.8 Å². The fourth-order valence-corrected chi connectivity index (χ4v) is 2.73. The van der Waals surface area contributed by atoms with E-state index in [4.69, 9.17) is 20.9 Å². The topological polar surface area (TPSA) is 139 Å². The van der Waals surface area contributed by atoms with E-state index in [2.05, 4.69) is 20.2 Å². The van der Waals surface area contributed by atoms with Crippen molar-refractivity contribution < 1.29 is 18.7 Å². The molecule has 0 atom stereocenters. The van der Waals surface area contributed by atoms with Crippen LogP contribution in [0, 0.1) is 5.82 Å². The van der Waals surface area contributed by atoms with Gasteiger partial charge in [0.1, 0.15) is 11.3 Å². The lowest BCUT2D eigenvalue weighted by atomic mass is 10.0. The lowest BCUT2D eigenvalue weighted by Gasteiger charge is -2.11. The monoisotopic (exact) mass is 372 g/mol. The van der Waals surface area contributed by atoms with Gasteiger partial charge in [0, 0.05) is 22.7 Å². The Morgan fingerprint density at radius 3 is 2.63 bits per heavy atom. The number of halogens is 1. The maximum absolute atomic E-state index is 14.4. The molecule has 3 aromatic rings. The van der Waals surface area contributed by atoms with Gasteiger partial charge in [0.25, 0.3) is 5.91 Å². The molecule has 140 valence electrons. The third-order valence-corrected chi connectivity index (χ3v) is 4.08. The van der Waals surface area contributed by atoms with E-state index < -0.39 is 11.7 Å². The summed E-state index contributed by atoms with van der Waals surface area (Å²) in [5.74, 6) is -0.923. The lowest BCUT2D eigenvalue weighted by Crippen LogP contribution is -2.17. The van der Waals surface area contributed by atoms with Crippen molar-refractivity contribution >= 4 is 22.5 Å². The minimum atomic E-state index is -0.798. The van der Waals surface area contributed by atoms with Crippen LogP contribution in [0.2, 0.25) is 0 Å². The highest BCUT2D eigenvalue weighted by molar-refractivity contribution is 6.04. The van der Waals surface area contributed by atoms with Gasteiger partial charge in [0.2, 0.25) is 5.88 Å². The lowest BCUT2D eigenvalue weighted by molar-refractivity contribution is 0.0995. The number of methoxy groups -OCH3 is 2. The maximum atomic E-state index is 14.4. The van der Waals surface area contributed by atoms with Crippen molar-refractivity contribution in [2.45, 2.75) is 12.8 Å². The average Bonchev–Trinajstić information content (AvgIpc) is 2.67. The SMILES string of the molecule is COc1ncc(CCc2c(F)ccc3c(N)c(C(N)=O)nnc23)c(OC)n1. The summed E-state index contributed by atoms with van der Waals surface area (Å²) in [5.41, 5.74) is 12.3. The summed E-state index contributed by atoms with van der Waals surface area (Å²) in [6.07, 6.45) is 2.19. The van der Waals surface area contributed by atoms with Crippen LogP contribution >= 0.6 is 0 Å². The Labute approximate surface area is 153 Å². The number of nitrogen functional groups attached to an aromatic ring is 1. The van der Waals surface area contributed by atoms with Crippen LogP contribution in [0.3, 0.4) is 0 Å². The Kier molecular flexibility index (Phi) is 4.97. The number of benzene rings is 1. The van der Waals surface area contributed by atoms with Crippen LogP contribution in [0.25, 0.3) is 10.9 Å². The van der Waals surface area contributed by atoms with Crippen LogP contribution in [-0.4, -0.2) is 40.3 Å². The van der Waals surface area contributed by atoms with Gasteiger partial charge in [-0.15, -0.1) is 10.2 Å². The molecule has 2 aromatic heterocycles. The van der Waals surface area contributed by atoms with Crippen molar-refractivity contribution in [2.75, 3.05) is 20.0 Å². The first-order chi connectivity index (χ1) is 13.0. The highest BCUT2D eigenvalue weighted by Gasteiger charge is 2.18. The normalized spacial score (nSPS) is 10.8. The largest absolute Gasteiger partial charge is 0.481 e. The highest BCUT2D eigenvalue weighted by Crippen LogP contribution is 2.28. The standard InChI is InChI=1S/C17H17FN6O3/c1-26-16-8(7-21-17(22-16)27-2)3-4-9-11(18)6-5-10-12(19)14(15(20)25)24-23-13(9)10/h5-7H,3-4H2,1-2H3,(H2,19,23)(H2,20,25). The zero-order valence-corrected chi connectivity index (χ0v) is 14.7. The Morgan fingerprint density at radius 2 is 1.96 bits per heavy atom. The molecule has 1 amide bonds. The zero-order chi connectivity index (χ0) is 19.6. The van der Waals surface area contributed by atoms with Gasteiger partial charge >= 0.3 is 6.01 Å². The summed E-state index contributed by atoms with van der Waals surface area (Å²) in [4.78, 5) is 19.5. The van der Waals surface area contributed by atoms with Crippen molar-refractivity contribution in [1.82, 2.24) is 20.2 Å². The summed E-state index contributed by atoms with van der Waals surface area (Å²) in [6.45, 7) is 0. The molecule has 9 nitrogen and oxygen atoms in total. The molecule has 10 heteroatoms. The number of amides is 1. The second kappa shape index (κ2) is 7.36. The number of fused-ring (bicyclic) bond motifs is 1. The van der Waals surface area contributed by atoms with E-state index in [0.717, 1.165) is 0 Å². The summed E-state index contributed by atoms with van der Waals surface area (Å²) < 4.78 is 24.6. The van der Waals surface area contributed by atoms with Crippen molar-refractivity contribution in [3.05, 3.63) is 41.0 Å². The number of ether oxygens (including phenoxy) is 2. The quantitative estimate of drug-likeness (QED) is 0.654. The van der Waals surface area contributed by atoms with Gasteiger partial charge < -0.3 is 20.9 Å². The molecule has 27 heavy (non-hydrogen) atoms. The summed E-state index contributed by atoms with van der Waals surface area (Å²) >= 11 is 0. The molecule has 0 saturated carbocycles. The number of rotatable bonds is 6. The zero-order valence-electron chi connectivity index (χ0n) is 14.7. The van der Waals surface area contributed by atoms with Crippen LogP contribution in [0.15, 0.2) is 18.3 Å². The molecule has 2 heterocycles. The van der Waals surface area contributed by atoms with Crippen LogP contribution in [0.5, 0.6) is 11.9 Å². The number of hydrogen-bond acceptors (Lipinski definition) is 8. The molecule has 0 fully saturated rings. The van der Waals surface area contributed by atoms with Gasteiger partial charge in [-0.2, -0.15) is 4.98 Å². The predicted molar refractivity (Wildman–Crippen MR) is 95.0 cm³/mol. The van der Waals surface area contributed by atoms with Gasteiger partial charge in [-0.05, 0) is 25.0 Å². The summed E-state index contributed by atoms with van der Waals surface area (Å²) in [7, 11) is 2.92. The number of hydrogen-bond donors (Lipinski definition) is 2. The second-order valence-electron chi connectivity index (χ2n) is 5.64. The Hall–Kier alpha value is -3.56. The number of primary amides is 1. The molecule has 1 aromatic carbocycles. The maximum Gasteiger partial charge on any atom is 0.319 e. The van der Waals surface area contributed by atoms with E-state index in [1.165, 1.54) is 26.4 Å². The van der Waals surface area contributed by atoms with Crippen LogP contribution in [-0.2, 0) is 12.8 Å². The van der Waals surface area contributed by atoms with Crippen molar-refractivity contribution in [1.29, 1.82) is 0 Å². The molecule has 4 N–H and O–H groups in total. The minimum absolute atomic E-state index is 0.0686. The fraction of sp³-hybridized carbons (Fsp3) is 0.235. The number of carbonyl (C=O) groups is 1. The third kappa shape index (κ3) is 3.41. The molecule has 0 radical (unpaired) electrons. The minimum Gasteiger partial charge on any atom is -0.481 e. The summed E-state index contributed by atoms with van der Waals surface area (Å²) in [5, 5.41) is 8.10. The van der Waals surface area contributed by atoms with Crippen LogP contribution in [0.1, 0.15) is 21.6 Å². The molecule has 0 bridgehead atoms. The molecule has 0 aliphatic carbocycles. The molecular formula is C17H17FN6O3. The molecule has 0 spiro atoms. The van der Waals surface area contributed by atoms with E-state index in [9.17, 15) is 9.18 Å². The Bertz CT molecular complexity index is 1030. The molecule has 3 rings (SSSR count). The van der Waals surface area contributed by atoms with E-state index >= 15 is 0 Å². The number of carbonyl (C=O) groups excluding carboxylic acids is 1. The van der Waals surface area contributed by atoms with Crippen molar-refractivity contribution in [3.63, 3.8) is 0 Å². The van der Waals surface area contributed by atoms with E-state index in [1.807, 2.05) is 0 Å². The molecule has 0 aliphatic rings. The number of nitrogens with zero attached hydrogens (tertiary/aromatic N) is 4. The van der Waals surface area contributed by atoms with Crippen molar-refractivity contribution in [3.8, 4) is 11.9 Å². The van der Waals surface area contributed by atoms with Gasteiger partial charge in [-0.25, -0.2) is 9.37 Å². The van der Waals surface area contributed by atoms with Crippen LogP contribution in [0.4, 0.5) is 10.1 Å². The van der Waals surface area contributed by atoms with Gasteiger partial charge in [0.15, 0.2) is 5.69 Å². The van der Waals surface area contributed by atoms with Gasteiger partial charge in [-0.1, -0.05) is 0 Å². The molecule has 0 unspecified atom stereocenters. The second-order valence-corrected chi connectivity index (χ2v) is 5.64. The average molecular weight is 372 g/mol. The Morgan fingerprint density at radius 1 is 1.19 bits per heavy atom. The van der Waals surface area contributed by atoms with E-state index in [1.54, 1.807) is 6.20 Å². The Balaban J connectivity index is 1.99. The van der Waals surface area contributed by atoms with Crippen molar-refractivity contribution in [2.24, 2.45) is 5.73 Å². The first kappa shape index (κ1) is 18.2. The van der Waals surface area contributed by atoms with E-state index in [-0.39, 0.29) is 29.3 Å².